The number of ether oxygens (including phenoxy) is 1. The molecule has 11 heteroatoms. The maximum Gasteiger partial charge on any atom is 0.416 e. The van der Waals surface area contributed by atoms with E-state index in [1.807, 2.05) is 6.92 Å². The van der Waals surface area contributed by atoms with Gasteiger partial charge in [-0.15, -0.1) is 0 Å². The van der Waals surface area contributed by atoms with Crippen molar-refractivity contribution >= 4 is 35.5 Å². The number of nitrogens with one attached hydrogen (secondary N) is 2. The average molecular weight is 489 g/mol. The predicted octanol–water partition coefficient (Wildman–Crippen LogP) is 6.59. The molecule has 0 atom stereocenters. The minimum absolute atomic E-state index is 0.158. The third-order valence-corrected chi connectivity index (χ3v) is 4.14. The van der Waals surface area contributed by atoms with Gasteiger partial charge < -0.3 is 15.4 Å². The van der Waals surface area contributed by atoms with E-state index in [0.29, 0.717) is 0 Å². The molecule has 0 aliphatic carbocycles. The van der Waals surface area contributed by atoms with Gasteiger partial charge in [0.05, 0.1) is 28.9 Å². The molecule has 0 aromatic heterocycles. The molecule has 0 heterocycles. The second kappa shape index (κ2) is 12.7. The number of halogens is 4. The Kier molecular flexibility index (Phi) is 9.76. The molecule has 184 valence electrons. The van der Waals surface area contributed by atoms with Crippen LogP contribution in [0.5, 0.6) is 5.75 Å². The lowest BCUT2D eigenvalue weighted by Gasteiger charge is -2.20. The molecule has 0 aliphatic heterocycles. The smallest absolute Gasteiger partial charge is 0.416 e. The second-order valence-electron chi connectivity index (χ2n) is 6.70. The van der Waals surface area contributed by atoms with Gasteiger partial charge in [-0.2, -0.15) is 18.3 Å². The zero-order valence-electron chi connectivity index (χ0n) is 18.9. The Bertz CT molecular complexity index is 1160. The van der Waals surface area contributed by atoms with E-state index in [0.717, 1.165) is 24.3 Å². The summed E-state index contributed by atoms with van der Waals surface area (Å²) in [6, 6.07) is 5.50. The zero-order chi connectivity index (χ0) is 25.8. The van der Waals surface area contributed by atoms with Gasteiger partial charge in [-0.3, -0.25) is 10.0 Å². The summed E-state index contributed by atoms with van der Waals surface area (Å²) in [5.74, 6) is -0.656. The highest BCUT2D eigenvalue weighted by Gasteiger charge is 2.31. The number of carbonyl (C=O) groups is 1. The quantitative estimate of drug-likeness (QED) is 0.180. The van der Waals surface area contributed by atoms with Crippen molar-refractivity contribution in [3.05, 3.63) is 85.0 Å². The van der Waals surface area contributed by atoms with Crippen molar-refractivity contribution in [2.75, 3.05) is 22.7 Å². The maximum absolute atomic E-state index is 14.4. The molecule has 7 nitrogen and oxygen atoms in total. The van der Waals surface area contributed by atoms with Crippen molar-refractivity contribution < 1.29 is 27.1 Å². The third-order valence-electron chi connectivity index (χ3n) is 4.14. The van der Waals surface area contributed by atoms with Crippen molar-refractivity contribution in [2.45, 2.75) is 13.1 Å². The summed E-state index contributed by atoms with van der Waals surface area (Å²) in [7, 11) is 1.48. The first-order valence-electron chi connectivity index (χ1n) is 10.1. The van der Waals surface area contributed by atoms with Gasteiger partial charge in [-0.05, 0) is 49.4 Å². The number of aliphatic imine (C=N–C) groups is 1. The molecule has 0 bridgehead atoms. The molecule has 2 aromatic rings. The summed E-state index contributed by atoms with van der Waals surface area (Å²) in [5, 5.41) is 9.79. The van der Waals surface area contributed by atoms with Crippen LogP contribution in [0.2, 0.25) is 0 Å². The number of benzene rings is 2. The molecule has 0 unspecified atom stereocenters. The minimum Gasteiger partial charge on any atom is -0.465 e. The van der Waals surface area contributed by atoms with Crippen LogP contribution >= 0.6 is 0 Å². The van der Waals surface area contributed by atoms with Crippen LogP contribution in [0.4, 0.5) is 39.4 Å². The standard InChI is InChI=1S/C24H23F4N5O2/c1-4-11-29-13-6-14-35-18-8-9-20(19(25)16-18)31-23(34)32-21-15-17(24(26,27)28)7-10-22(21)33(3)30-12-5-2/h4-16H,2H2,1,3H3,(H2,31,32,34)/b11-4-,14-6+,29-13-,30-12-. The number of carbonyl (C=O) groups excluding carboxylic acids is 1. The van der Waals surface area contributed by atoms with Gasteiger partial charge >= 0.3 is 12.2 Å². The van der Waals surface area contributed by atoms with Crippen molar-refractivity contribution in [1.29, 1.82) is 0 Å². The minimum atomic E-state index is -4.64. The molecule has 35 heavy (non-hydrogen) atoms. The van der Waals surface area contributed by atoms with Crippen LogP contribution in [0.1, 0.15) is 12.5 Å². The highest BCUT2D eigenvalue weighted by molar-refractivity contribution is 6.02. The zero-order valence-corrected chi connectivity index (χ0v) is 18.9. The SMILES string of the molecule is C=C/C=N\N(C)c1ccc(C(F)(F)F)cc1NC(=O)Nc1ccc(O/C=C/C=N\C=C/C)cc1F. The Balaban J connectivity index is 2.17. The Morgan fingerprint density at radius 2 is 1.86 bits per heavy atom. The molecule has 2 amide bonds. The number of amides is 2. The van der Waals surface area contributed by atoms with Gasteiger partial charge in [0.2, 0.25) is 0 Å². The molecule has 2 N–H and O–H groups in total. The van der Waals surface area contributed by atoms with E-state index in [1.54, 1.807) is 12.3 Å². The Labute approximate surface area is 199 Å². The third kappa shape index (κ3) is 8.46. The number of urea groups is 1. The van der Waals surface area contributed by atoms with Crippen LogP contribution in [0.3, 0.4) is 0 Å². The number of anilines is 3. The number of hydrogen-bond donors (Lipinski definition) is 2. The lowest BCUT2D eigenvalue weighted by Crippen LogP contribution is -2.22. The average Bonchev–Trinajstić information content (AvgIpc) is 2.80. The molecule has 0 spiro atoms. The fourth-order valence-corrected chi connectivity index (χ4v) is 2.59. The number of allylic oxidation sites excluding steroid dienone is 3. The summed E-state index contributed by atoms with van der Waals surface area (Å²) >= 11 is 0. The van der Waals surface area contributed by atoms with Gasteiger partial charge in [-0.25, -0.2) is 9.18 Å². The summed E-state index contributed by atoms with van der Waals surface area (Å²) < 4.78 is 59.2. The van der Waals surface area contributed by atoms with Gasteiger partial charge in [-0.1, -0.05) is 12.7 Å². The normalized spacial score (nSPS) is 12.1. The van der Waals surface area contributed by atoms with Gasteiger partial charge in [0.1, 0.15) is 11.6 Å². The van der Waals surface area contributed by atoms with Crippen molar-refractivity contribution in [3.63, 3.8) is 0 Å². The molecule has 2 aromatic carbocycles. The lowest BCUT2D eigenvalue weighted by molar-refractivity contribution is -0.137. The predicted molar refractivity (Wildman–Crippen MR) is 131 cm³/mol. The van der Waals surface area contributed by atoms with Crippen LogP contribution in [0.25, 0.3) is 0 Å². The first-order chi connectivity index (χ1) is 16.7. The fraction of sp³-hybridized carbons (Fsp3) is 0.125. The molecule has 0 saturated carbocycles. The van der Waals surface area contributed by atoms with Gasteiger partial charge in [0.25, 0.3) is 0 Å². The molecular weight excluding hydrogens is 466 g/mol. The lowest BCUT2D eigenvalue weighted by atomic mass is 10.1. The summed E-state index contributed by atoms with van der Waals surface area (Å²) in [5.41, 5.74) is -1.21. The largest absolute Gasteiger partial charge is 0.465 e. The summed E-state index contributed by atoms with van der Waals surface area (Å²) in [6.45, 7) is 5.29. The molecular formula is C24H23F4N5O2. The Hall–Kier alpha value is -4.41. The molecule has 2 rings (SSSR count). The molecule has 0 fully saturated rings. The van der Waals surface area contributed by atoms with E-state index in [-0.39, 0.29) is 22.8 Å². The number of hydrazone groups is 1. The Morgan fingerprint density at radius 3 is 2.51 bits per heavy atom. The van der Waals surface area contributed by atoms with Crippen LogP contribution in [-0.4, -0.2) is 25.5 Å². The fourth-order valence-electron chi connectivity index (χ4n) is 2.59. The van der Waals surface area contributed by atoms with E-state index in [9.17, 15) is 22.4 Å². The number of alkyl halides is 3. The highest BCUT2D eigenvalue weighted by atomic mass is 19.4. The highest BCUT2D eigenvalue weighted by Crippen LogP contribution is 2.35. The van der Waals surface area contributed by atoms with E-state index >= 15 is 0 Å². The van der Waals surface area contributed by atoms with Crippen LogP contribution in [0.15, 0.2) is 83.8 Å². The molecule has 0 saturated heterocycles. The van der Waals surface area contributed by atoms with E-state index in [1.165, 1.54) is 55.0 Å². The van der Waals surface area contributed by atoms with E-state index in [2.05, 4.69) is 27.3 Å². The number of hydrogen-bond acceptors (Lipinski definition) is 5. The van der Waals surface area contributed by atoms with Gasteiger partial charge in [0, 0.05) is 31.7 Å². The molecule has 0 radical (unpaired) electrons. The van der Waals surface area contributed by atoms with Crippen molar-refractivity contribution in [1.82, 2.24) is 0 Å². The summed E-state index contributed by atoms with van der Waals surface area (Å²) in [6.07, 6.45) is 5.65. The van der Waals surface area contributed by atoms with Crippen molar-refractivity contribution in [2.24, 2.45) is 10.1 Å². The van der Waals surface area contributed by atoms with Crippen molar-refractivity contribution in [3.8, 4) is 5.75 Å². The monoisotopic (exact) mass is 489 g/mol. The van der Waals surface area contributed by atoms with E-state index < -0.39 is 23.6 Å². The van der Waals surface area contributed by atoms with Crippen LogP contribution in [-0.2, 0) is 6.18 Å². The number of rotatable bonds is 9. The van der Waals surface area contributed by atoms with Crippen LogP contribution < -0.4 is 20.4 Å². The first kappa shape index (κ1) is 26.8. The molecule has 0 aliphatic rings. The first-order valence-corrected chi connectivity index (χ1v) is 10.1. The van der Waals surface area contributed by atoms with Crippen LogP contribution in [0, 0.1) is 5.82 Å². The second-order valence-corrected chi connectivity index (χ2v) is 6.70. The maximum atomic E-state index is 14.4. The number of nitrogens with zero attached hydrogens (tertiary/aromatic N) is 3. The Morgan fingerprint density at radius 1 is 1.11 bits per heavy atom. The van der Waals surface area contributed by atoms with Gasteiger partial charge in [0.15, 0.2) is 0 Å². The summed E-state index contributed by atoms with van der Waals surface area (Å²) in [4.78, 5) is 16.4. The van der Waals surface area contributed by atoms with E-state index in [4.69, 9.17) is 4.74 Å². The topological polar surface area (TPSA) is 78.3 Å².